The largest absolute Gasteiger partial charge is 0.463 e. The molecule has 3 rings (SSSR count). The number of furan rings is 1. The normalized spacial score (nSPS) is 28.7. The Morgan fingerprint density at radius 2 is 2.05 bits per heavy atom. The predicted octanol–water partition coefficient (Wildman–Crippen LogP) is 2.14. The molecule has 2 heterocycles. The molecule has 4 nitrogen and oxygen atoms in total. The van der Waals surface area contributed by atoms with E-state index >= 15 is 0 Å². The fourth-order valence-corrected chi connectivity index (χ4v) is 2.53. The van der Waals surface area contributed by atoms with Crippen LogP contribution in [0.5, 0.6) is 0 Å². The highest BCUT2D eigenvalue weighted by molar-refractivity contribution is 5.08. The SMILES string of the molecule is CC1CN(Cc2ccc(CNC3CC3)o2)C(C)CO1. The van der Waals surface area contributed by atoms with Crippen LogP contribution < -0.4 is 5.32 Å². The lowest BCUT2D eigenvalue weighted by atomic mass is 10.2. The third kappa shape index (κ3) is 3.59. The van der Waals surface area contributed by atoms with Gasteiger partial charge in [0.25, 0.3) is 0 Å². The first-order valence-electron chi connectivity index (χ1n) is 7.37. The molecule has 1 saturated heterocycles. The Balaban J connectivity index is 1.53. The molecule has 0 bridgehead atoms. The quantitative estimate of drug-likeness (QED) is 0.884. The Hall–Kier alpha value is -0.840. The van der Waals surface area contributed by atoms with Gasteiger partial charge in [-0.05, 0) is 38.8 Å². The van der Waals surface area contributed by atoms with E-state index in [4.69, 9.17) is 9.15 Å². The smallest absolute Gasteiger partial charge is 0.118 e. The van der Waals surface area contributed by atoms with Crippen LogP contribution in [0.2, 0.25) is 0 Å². The molecular weight excluding hydrogens is 240 g/mol. The van der Waals surface area contributed by atoms with Crippen LogP contribution in [0.4, 0.5) is 0 Å². The molecule has 1 aliphatic heterocycles. The van der Waals surface area contributed by atoms with E-state index in [1.165, 1.54) is 12.8 Å². The molecule has 2 fully saturated rings. The van der Waals surface area contributed by atoms with Crippen molar-refractivity contribution in [3.05, 3.63) is 23.7 Å². The van der Waals surface area contributed by atoms with Crippen molar-refractivity contribution < 1.29 is 9.15 Å². The summed E-state index contributed by atoms with van der Waals surface area (Å²) in [7, 11) is 0. The summed E-state index contributed by atoms with van der Waals surface area (Å²) in [6, 6.07) is 5.40. The molecule has 2 atom stereocenters. The van der Waals surface area contributed by atoms with Crippen LogP contribution in [0.15, 0.2) is 16.5 Å². The van der Waals surface area contributed by atoms with Gasteiger partial charge in [0.1, 0.15) is 11.5 Å². The summed E-state index contributed by atoms with van der Waals surface area (Å²) in [6.07, 6.45) is 2.95. The molecule has 19 heavy (non-hydrogen) atoms. The summed E-state index contributed by atoms with van der Waals surface area (Å²) in [5, 5.41) is 3.48. The zero-order chi connectivity index (χ0) is 13.2. The number of hydrogen-bond acceptors (Lipinski definition) is 4. The van der Waals surface area contributed by atoms with Gasteiger partial charge in [0, 0.05) is 18.6 Å². The lowest BCUT2D eigenvalue weighted by molar-refractivity contribution is -0.0546. The first-order valence-corrected chi connectivity index (χ1v) is 7.37. The van der Waals surface area contributed by atoms with Gasteiger partial charge in [-0.3, -0.25) is 4.90 Å². The van der Waals surface area contributed by atoms with E-state index in [9.17, 15) is 0 Å². The van der Waals surface area contributed by atoms with Crippen molar-refractivity contribution >= 4 is 0 Å². The maximum absolute atomic E-state index is 5.90. The van der Waals surface area contributed by atoms with Crippen LogP contribution in [-0.4, -0.2) is 36.2 Å². The molecule has 2 aliphatic rings. The molecule has 0 aromatic carbocycles. The molecule has 1 N–H and O–H groups in total. The van der Waals surface area contributed by atoms with Crippen LogP contribution in [0.3, 0.4) is 0 Å². The molecule has 1 aliphatic carbocycles. The topological polar surface area (TPSA) is 37.6 Å². The molecule has 4 heteroatoms. The van der Waals surface area contributed by atoms with Gasteiger partial charge in [-0.1, -0.05) is 0 Å². The standard InChI is InChI=1S/C15H24N2O2/c1-11-10-18-12(2)8-17(11)9-15-6-5-14(19-15)7-16-13-3-4-13/h5-6,11-13,16H,3-4,7-10H2,1-2H3. The minimum atomic E-state index is 0.321. The van der Waals surface area contributed by atoms with E-state index < -0.39 is 0 Å². The maximum atomic E-state index is 5.90. The van der Waals surface area contributed by atoms with E-state index in [2.05, 4.69) is 36.2 Å². The number of nitrogens with one attached hydrogen (secondary N) is 1. The zero-order valence-electron chi connectivity index (χ0n) is 11.9. The van der Waals surface area contributed by atoms with Crippen LogP contribution in [-0.2, 0) is 17.8 Å². The second kappa shape index (κ2) is 5.65. The Morgan fingerprint density at radius 1 is 1.26 bits per heavy atom. The lowest BCUT2D eigenvalue weighted by Crippen LogP contribution is -2.46. The highest BCUT2D eigenvalue weighted by Crippen LogP contribution is 2.20. The summed E-state index contributed by atoms with van der Waals surface area (Å²) in [5.74, 6) is 2.12. The van der Waals surface area contributed by atoms with Gasteiger partial charge in [0.05, 0.1) is 25.8 Å². The van der Waals surface area contributed by atoms with Crippen LogP contribution >= 0.6 is 0 Å². The maximum Gasteiger partial charge on any atom is 0.118 e. The molecule has 1 saturated carbocycles. The Labute approximate surface area is 115 Å². The molecule has 0 amide bonds. The summed E-state index contributed by atoms with van der Waals surface area (Å²) >= 11 is 0. The predicted molar refractivity (Wildman–Crippen MR) is 73.9 cm³/mol. The fraction of sp³-hybridized carbons (Fsp3) is 0.733. The highest BCUT2D eigenvalue weighted by Gasteiger charge is 2.24. The van der Waals surface area contributed by atoms with Crippen molar-refractivity contribution in [2.24, 2.45) is 0 Å². The first kappa shape index (κ1) is 13.2. The number of rotatable bonds is 5. The van der Waals surface area contributed by atoms with Gasteiger partial charge in [-0.25, -0.2) is 0 Å². The van der Waals surface area contributed by atoms with Crippen molar-refractivity contribution in [1.82, 2.24) is 10.2 Å². The third-order valence-electron chi connectivity index (χ3n) is 3.96. The molecule has 0 spiro atoms. The summed E-state index contributed by atoms with van der Waals surface area (Å²) in [6.45, 7) is 7.89. The van der Waals surface area contributed by atoms with Gasteiger partial charge >= 0.3 is 0 Å². The van der Waals surface area contributed by atoms with Crippen LogP contribution in [0.1, 0.15) is 38.2 Å². The average molecular weight is 264 g/mol. The Kier molecular flexibility index (Phi) is 3.91. The second-order valence-electron chi connectivity index (χ2n) is 5.95. The van der Waals surface area contributed by atoms with Crippen molar-refractivity contribution in [1.29, 1.82) is 0 Å². The van der Waals surface area contributed by atoms with Crippen LogP contribution in [0, 0.1) is 0 Å². The fourth-order valence-electron chi connectivity index (χ4n) is 2.53. The summed E-state index contributed by atoms with van der Waals surface area (Å²) in [4.78, 5) is 2.44. The van der Waals surface area contributed by atoms with Crippen molar-refractivity contribution in [2.75, 3.05) is 13.2 Å². The van der Waals surface area contributed by atoms with Crippen molar-refractivity contribution in [3.8, 4) is 0 Å². The minimum Gasteiger partial charge on any atom is -0.463 e. The lowest BCUT2D eigenvalue weighted by Gasteiger charge is -2.36. The minimum absolute atomic E-state index is 0.321. The van der Waals surface area contributed by atoms with Gasteiger partial charge in [0.15, 0.2) is 0 Å². The monoisotopic (exact) mass is 264 g/mol. The summed E-state index contributed by atoms with van der Waals surface area (Å²) < 4.78 is 11.6. The summed E-state index contributed by atoms with van der Waals surface area (Å²) in [5.41, 5.74) is 0. The molecular formula is C15H24N2O2. The van der Waals surface area contributed by atoms with Gasteiger partial charge in [-0.2, -0.15) is 0 Å². The van der Waals surface area contributed by atoms with E-state index in [0.29, 0.717) is 12.1 Å². The van der Waals surface area contributed by atoms with Gasteiger partial charge in [-0.15, -0.1) is 0 Å². The van der Waals surface area contributed by atoms with E-state index in [1.807, 2.05) is 0 Å². The molecule has 1 aromatic rings. The van der Waals surface area contributed by atoms with Gasteiger partial charge < -0.3 is 14.5 Å². The number of morpholine rings is 1. The third-order valence-corrected chi connectivity index (χ3v) is 3.96. The number of hydrogen-bond donors (Lipinski definition) is 1. The Bertz CT molecular complexity index is 414. The molecule has 2 unspecified atom stereocenters. The van der Waals surface area contributed by atoms with E-state index in [1.54, 1.807) is 0 Å². The second-order valence-corrected chi connectivity index (χ2v) is 5.95. The number of ether oxygens (including phenoxy) is 1. The number of nitrogens with zero attached hydrogens (tertiary/aromatic N) is 1. The average Bonchev–Trinajstić information content (AvgIpc) is 3.12. The zero-order valence-corrected chi connectivity index (χ0v) is 11.9. The Morgan fingerprint density at radius 3 is 2.84 bits per heavy atom. The molecule has 0 radical (unpaired) electrons. The molecule has 106 valence electrons. The van der Waals surface area contributed by atoms with Crippen LogP contribution in [0.25, 0.3) is 0 Å². The molecule has 1 aromatic heterocycles. The van der Waals surface area contributed by atoms with Crippen molar-refractivity contribution in [3.63, 3.8) is 0 Å². The first-order chi connectivity index (χ1) is 9.20. The van der Waals surface area contributed by atoms with E-state index in [-0.39, 0.29) is 0 Å². The van der Waals surface area contributed by atoms with Gasteiger partial charge in [0.2, 0.25) is 0 Å². The van der Waals surface area contributed by atoms with Crippen molar-refractivity contribution in [2.45, 2.75) is 58.0 Å². The van der Waals surface area contributed by atoms with E-state index in [0.717, 1.165) is 43.8 Å². The highest BCUT2D eigenvalue weighted by atomic mass is 16.5.